The van der Waals surface area contributed by atoms with E-state index < -0.39 is 0 Å². The fourth-order valence-electron chi connectivity index (χ4n) is 2.34. The van der Waals surface area contributed by atoms with Gasteiger partial charge in [0.15, 0.2) is 0 Å². The standard InChI is InChI=1S/C16H26N6O2/c1-22(2)14(9-12-3-5-15(23)6-4-12)11-18-16(24)17-8-7-13-10-19-21-20-13/h3-6,10,14,19-21,23H,7-9,11H2,1-2H3,(H2,17,18,24)/t14-/m0/s1. The first-order valence-corrected chi connectivity index (χ1v) is 7.96. The lowest BCUT2D eigenvalue weighted by Crippen LogP contribution is -2.45. The van der Waals surface area contributed by atoms with Crippen molar-refractivity contribution in [2.45, 2.75) is 18.9 Å². The van der Waals surface area contributed by atoms with Gasteiger partial charge in [0.1, 0.15) is 5.75 Å². The second kappa shape index (κ2) is 8.99. The topological polar surface area (TPSA) is 101 Å². The summed E-state index contributed by atoms with van der Waals surface area (Å²) in [5, 5.41) is 15.1. The maximum absolute atomic E-state index is 11.9. The number of hydrazine groups is 2. The maximum Gasteiger partial charge on any atom is 0.314 e. The van der Waals surface area contributed by atoms with Gasteiger partial charge in [-0.25, -0.2) is 4.79 Å². The zero-order valence-electron chi connectivity index (χ0n) is 14.1. The highest BCUT2D eigenvalue weighted by molar-refractivity contribution is 5.73. The summed E-state index contributed by atoms with van der Waals surface area (Å²) in [6.07, 6.45) is 3.33. The summed E-state index contributed by atoms with van der Waals surface area (Å²) in [4.78, 5) is 14.0. The van der Waals surface area contributed by atoms with Gasteiger partial charge in [-0.05, 0) is 38.2 Å². The highest BCUT2D eigenvalue weighted by Crippen LogP contribution is 2.12. The second-order valence-corrected chi connectivity index (χ2v) is 5.94. The number of nitrogens with one attached hydrogen (secondary N) is 5. The van der Waals surface area contributed by atoms with E-state index in [4.69, 9.17) is 0 Å². The SMILES string of the molecule is CN(C)[C@H](CNC(=O)NCCC1=CNNN1)Cc1ccc(O)cc1. The van der Waals surface area contributed by atoms with Gasteiger partial charge in [0.25, 0.3) is 0 Å². The Kier molecular flexibility index (Phi) is 6.71. The number of carbonyl (C=O) groups excluding carboxylic acids is 1. The molecule has 0 fully saturated rings. The van der Waals surface area contributed by atoms with Gasteiger partial charge in [0.2, 0.25) is 0 Å². The molecule has 0 radical (unpaired) electrons. The normalized spacial score (nSPS) is 14.5. The van der Waals surface area contributed by atoms with E-state index in [2.05, 4.69) is 31.9 Å². The van der Waals surface area contributed by atoms with E-state index in [1.54, 1.807) is 12.1 Å². The Morgan fingerprint density at radius 3 is 2.62 bits per heavy atom. The van der Waals surface area contributed by atoms with E-state index in [1.165, 1.54) is 0 Å². The Morgan fingerprint density at radius 1 is 1.25 bits per heavy atom. The van der Waals surface area contributed by atoms with Crippen LogP contribution in [0.5, 0.6) is 5.75 Å². The molecular formula is C16H26N6O2. The molecule has 1 aromatic carbocycles. The summed E-state index contributed by atoms with van der Waals surface area (Å²) in [5.74, 6) is 0.259. The minimum absolute atomic E-state index is 0.174. The number of hydrogen-bond donors (Lipinski definition) is 6. The Bertz CT molecular complexity index is 558. The predicted molar refractivity (Wildman–Crippen MR) is 92.8 cm³/mol. The van der Waals surface area contributed by atoms with Crippen molar-refractivity contribution in [3.8, 4) is 5.75 Å². The van der Waals surface area contributed by atoms with Crippen molar-refractivity contribution in [2.75, 3.05) is 27.2 Å². The molecule has 0 aliphatic carbocycles. The molecule has 2 amide bonds. The summed E-state index contributed by atoms with van der Waals surface area (Å²) in [5.41, 5.74) is 10.6. The molecule has 24 heavy (non-hydrogen) atoms. The van der Waals surface area contributed by atoms with Gasteiger partial charge in [0, 0.05) is 37.4 Å². The van der Waals surface area contributed by atoms with Crippen molar-refractivity contribution < 1.29 is 9.90 Å². The molecule has 1 heterocycles. The minimum Gasteiger partial charge on any atom is -0.508 e. The zero-order valence-corrected chi connectivity index (χ0v) is 14.1. The summed E-state index contributed by atoms with van der Waals surface area (Å²) in [6, 6.07) is 7.15. The molecule has 6 N–H and O–H groups in total. The number of aromatic hydroxyl groups is 1. The van der Waals surface area contributed by atoms with Crippen LogP contribution in [0.1, 0.15) is 12.0 Å². The van der Waals surface area contributed by atoms with Crippen LogP contribution in [0.25, 0.3) is 0 Å². The van der Waals surface area contributed by atoms with E-state index >= 15 is 0 Å². The monoisotopic (exact) mass is 334 g/mol. The van der Waals surface area contributed by atoms with Crippen molar-refractivity contribution >= 4 is 6.03 Å². The van der Waals surface area contributed by atoms with Crippen LogP contribution in [0.15, 0.2) is 36.2 Å². The highest BCUT2D eigenvalue weighted by atomic mass is 16.3. The third-order valence-corrected chi connectivity index (χ3v) is 3.86. The first kappa shape index (κ1) is 17.9. The number of rotatable bonds is 8. The number of amides is 2. The van der Waals surface area contributed by atoms with E-state index in [9.17, 15) is 9.90 Å². The molecule has 1 atom stereocenters. The van der Waals surface area contributed by atoms with Crippen LogP contribution >= 0.6 is 0 Å². The zero-order chi connectivity index (χ0) is 17.4. The maximum atomic E-state index is 11.9. The van der Waals surface area contributed by atoms with Gasteiger partial charge in [-0.1, -0.05) is 12.1 Å². The van der Waals surface area contributed by atoms with E-state index in [0.717, 1.165) is 24.1 Å². The second-order valence-electron chi connectivity index (χ2n) is 5.94. The third-order valence-electron chi connectivity index (χ3n) is 3.86. The quantitative estimate of drug-likeness (QED) is 0.400. The number of phenols is 1. The van der Waals surface area contributed by atoms with Crippen LogP contribution in [-0.4, -0.2) is 49.3 Å². The van der Waals surface area contributed by atoms with Gasteiger partial charge in [0.05, 0.1) is 0 Å². The predicted octanol–water partition coefficient (Wildman–Crippen LogP) is 0.00800. The number of phenolic OH excluding ortho intramolecular Hbond substituents is 1. The summed E-state index contributed by atoms with van der Waals surface area (Å²) >= 11 is 0. The van der Waals surface area contributed by atoms with E-state index in [-0.39, 0.29) is 17.8 Å². The van der Waals surface area contributed by atoms with Gasteiger partial charge in [-0.3, -0.25) is 0 Å². The van der Waals surface area contributed by atoms with Crippen LogP contribution in [0, 0.1) is 0 Å². The lowest BCUT2D eigenvalue weighted by molar-refractivity contribution is 0.232. The van der Waals surface area contributed by atoms with E-state index in [0.29, 0.717) is 13.1 Å². The van der Waals surface area contributed by atoms with Crippen LogP contribution in [0.2, 0.25) is 0 Å². The van der Waals surface area contributed by atoms with Crippen molar-refractivity contribution in [1.29, 1.82) is 0 Å². The van der Waals surface area contributed by atoms with Gasteiger partial charge in [-0.15, -0.1) is 0 Å². The third kappa shape index (κ3) is 5.98. The molecule has 1 aromatic rings. The number of nitrogens with zero attached hydrogens (tertiary/aromatic N) is 1. The van der Waals surface area contributed by atoms with Gasteiger partial charge >= 0.3 is 6.03 Å². The Hall–Kier alpha value is -2.45. The number of benzene rings is 1. The average Bonchev–Trinajstić information content (AvgIpc) is 3.06. The Balaban J connectivity index is 1.71. The molecule has 2 rings (SSSR count). The van der Waals surface area contributed by atoms with E-state index in [1.807, 2.05) is 32.4 Å². The summed E-state index contributed by atoms with van der Waals surface area (Å²) in [6.45, 7) is 1.10. The molecule has 0 saturated heterocycles. The van der Waals surface area contributed by atoms with Crippen LogP contribution < -0.4 is 27.0 Å². The molecule has 1 aliphatic rings. The number of urea groups is 1. The molecule has 0 bridgehead atoms. The van der Waals surface area contributed by atoms with Crippen LogP contribution in [0.3, 0.4) is 0 Å². The van der Waals surface area contributed by atoms with Gasteiger partial charge < -0.3 is 31.5 Å². The number of carbonyl (C=O) groups is 1. The fraction of sp³-hybridized carbons (Fsp3) is 0.438. The smallest absolute Gasteiger partial charge is 0.314 e. The molecule has 132 valence electrons. The van der Waals surface area contributed by atoms with Crippen LogP contribution in [-0.2, 0) is 6.42 Å². The first-order chi connectivity index (χ1) is 11.5. The first-order valence-electron chi connectivity index (χ1n) is 7.96. The van der Waals surface area contributed by atoms with Crippen LogP contribution in [0.4, 0.5) is 4.79 Å². The Labute approximate surface area is 142 Å². The van der Waals surface area contributed by atoms with Crippen molar-refractivity contribution in [2.24, 2.45) is 0 Å². The summed E-state index contributed by atoms with van der Waals surface area (Å²) < 4.78 is 0. The fourth-order valence-corrected chi connectivity index (χ4v) is 2.34. The highest BCUT2D eigenvalue weighted by Gasteiger charge is 2.14. The Morgan fingerprint density at radius 2 is 2.00 bits per heavy atom. The number of hydrogen-bond acceptors (Lipinski definition) is 6. The molecular weight excluding hydrogens is 308 g/mol. The lowest BCUT2D eigenvalue weighted by Gasteiger charge is -2.25. The molecule has 0 unspecified atom stereocenters. The lowest BCUT2D eigenvalue weighted by atomic mass is 10.1. The molecule has 8 heteroatoms. The van der Waals surface area contributed by atoms with Gasteiger partial charge in [-0.2, -0.15) is 5.53 Å². The molecule has 8 nitrogen and oxygen atoms in total. The molecule has 0 saturated carbocycles. The largest absolute Gasteiger partial charge is 0.508 e. The minimum atomic E-state index is -0.174. The van der Waals surface area contributed by atoms with Crippen molar-refractivity contribution in [1.82, 2.24) is 31.9 Å². The molecule has 0 spiro atoms. The van der Waals surface area contributed by atoms with Crippen molar-refractivity contribution in [3.05, 3.63) is 41.7 Å². The molecule has 0 aromatic heterocycles. The molecule has 1 aliphatic heterocycles. The average molecular weight is 334 g/mol. The summed E-state index contributed by atoms with van der Waals surface area (Å²) in [7, 11) is 3.98. The number of likely N-dealkylation sites (N-methyl/N-ethyl adjacent to an activating group) is 1. The van der Waals surface area contributed by atoms with Crippen molar-refractivity contribution in [3.63, 3.8) is 0 Å².